The lowest BCUT2D eigenvalue weighted by molar-refractivity contribution is 0.660. The molecule has 0 radical (unpaired) electrons. The minimum Gasteiger partial charge on any atom is -0.310 e. The van der Waals surface area contributed by atoms with Gasteiger partial charge < -0.3 is 9.47 Å². The fraction of sp³-hybridized carbons (Fsp3) is 0.103. The zero-order valence-corrected chi connectivity index (χ0v) is 34.4. The highest BCUT2D eigenvalue weighted by molar-refractivity contribution is 6.13. The third kappa shape index (κ3) is 5.01. The van der Waals surface area contributed by atoms with Gasteiger partial charge in [-0.05, 0) is 139 Å². The summed E-state index contributed by atoms with van der Waals surface area (Å²) in [4.78, 5) is 2.34. The predicted octanol–water partition coefficient (Wildman–Crippen LogP) is 15.7. The molecule has 0 atom stereocenters. The van der Waals surface area contributed by atoms with Crippen LogP contribution in [0.15, 0.2) is 194 Å². The first-order valence-electron chi connectivity index (χ1n) is 21.2. The Morgan fingerprint density at radius 3 is 1.40 bits per heavy atom. The normalized spacial score (nSPS) is 14.3. The lowest BCUT2D eigenvalue weighted by Gasteiger charge is -2.26. The molecule has 0 bridgehead atoms. The Labute approximate surface area is 351 Å². The van der Waals surface area contributed by atoms with Gasteiger partial charge in [-0.15, -0.1) is 0 Å². The van der Waals surface area contributed by atoms with E-state index in [1.807, 2.05) is 0 Å². The molecule has 0 aliphatic heterocycles. The van der Waals surface area contributed by atoms with Crippen LogP contribution in [0.2, 0.25) is 0 Å². The average Bonchev–Trinajstić information content (AvgIpc) is 3.81. The second-order valence-electron chi connectivity index (χ2n) is 17.8. The summed E-state index contributed by atoms with van der Waals surface area (Å²) in [6, 6.07) is 72.1. The highest BCUT2D eigenvalue weighted by Gasteiger charge is 2.38. The van der Waals surface area contributed by atoms with Crippen molar-refractivity contribution < 1.29 is 0 Å². The average molecular weight is 769 g/mol. The number of hydrogen-bond donors (Lipinski definition) is 0. The number of rotatable bonds is 5. The topological polar surface area (TPSA) is 8.17 Å². The van der Waals surface area contributed by atoms with Gasteiger partial charge in [0.15, 0.2) is 0 Å². The molecule has 60 heavy (non-hydrogen) atoms. The molecule has 12 rings (SSSR count). The molecule has 10 aromatic rings. The largest absolute Gasteiger partial charge is 0.310 e. The van der Waals surface area contributed by atoms with Gasteiger partial charge in [0.25, 0.3) is 0 Å². The van der Waals surface area contributed by atoms with Gasteiger partial charge in [0.05, 0.1) is 11.0 Å². The summed E-state index contributed by atoms with van der Waals surface area (Å²) >= 11 is 0. The molecule has 0 amide bonds. The standard InChI is InChI=1S/C58H44N2/c1-57(2)51-20-12-10-18-45(51)47-33-49-50-34-48-46-19-11-13-21-52(46)58(3,4)54(48)36-56(50)60(55(49)35-53(47)57)43-29-24-39(25-30-43)38-22-27-42(28-23-38)59(41-16-6-5-7-17-41)44-31-26-37-14-8-9-15-40(37)32-44/h5-36H,1-4H3. The zero-order valence-electron chi connectivity index (χ0n) is 34.4. The van der Waals surface area contributed by atoms with Crippen LogP contribution in [0.3, 0.4) is 0 Å². The summed E-state index contributed by atoms with van der Waals surface area (Å²) in [5.41, 5.74) is 20.3. The number of aromatic nitrogens is 1. The third-order valence-corrected chi connectivity index (χ3v) is 13.8. The molecule has 0 N–H and O–H groups in total. The molecule has 286 valence electrons. The van der Waals surface area contributed by atoms with Crippen molar-refractivity contribution in [3.8, 4) is 39.1 Å². The number of hydrogen-bond acceptors (Lipinski definition) is 1. The maximum Gasteiger partial charge on any atom is 0.0544 e. The van der Waals surface area contributed by atoms with Crippen LogP contribution in [0.4, 0.5) is 17.1 Å². The van der Waals surface area contributed by atoms with Crippen LogP contribution in [0.25, 0.3) is 71.6 Å². The highest BCUT2D eigenvalue weighted by atomic mass is 15.1. The second-order valence-corrected chi connectivity index (χ2v) is 17.8. The first-order valence-corrected chi connectivity index (χ1v) is 21.2. The fourth-order valence-corrected chi connectivity index (χ4v) is 10.6. The van der Waals surface area contributed by atoms with Gasteiger partial charge in [-0.3, -0.25) is 0 Å². The number of para-hydroxylation sites is 1. The highest BCUT2D eigenvalue weighted by Crippen LogP contribution is 2.54. The molecular formula is C58H44N2. The molecule has 2 nitrogen and oxygen atoms in total. The molecule has 0 fully saturated rings. The van der Waals surface area contributed by atoms with Gasteiger partial charge in [0.2, 0.25) is 0 Å². The molecule has 0 spiro atoms. The van der Waals surface area contributed by atoms with Gasteiger partial charge in [-0.25, -0.2) is 0 Å². The van der Waals surface area contributed by atoms with E-state index in [0.29, 0.717) is 0 Å². The Bertz CT molecular complexity index is 3230. The first kappa shape index (κ1) is 34.8. The lowest BCUT2D eigenvalue weighted by atomic mass is 9.82. The fourth-order valence-electron chi connectivity index (χ4n) is 10.6. The maximum atomic E-state index is 2.53. The number of nitrogens with zero attached hydrogens (tertiary/aromatic N) is 2. The SMILES string of the molecule is CC1(C)c2ccccc2-c2cc3c4cc5c(cc4n(-c4ccc(-c6ccc(N(c7ccccc7)c7ccc8ccccc8c7)cc6)cc4)c3cc21)C(C)(C)c1ccccc1-5. The van der Waals surface area contributed by atoms with E-state index in [9.17, 15) is 0 Å². The molecule has 1 heterocycles. The molecule has 0 saturated carbocycles. The van der Waals surface area contributed by atoms with Crippen LogP contribution in [-0.4, -0.2) is 4.57 Å². The third-order valence-electron chi connectivity index (χ3n) is 13.8. The summed E-state index contributed by atoms with van der Waals surface area (Å²) in [6.07, 6.45) is 0. The quantitative estimate of drug-likeness (QED) is 0.169. The Morgan fingerprint density at radius 1 is 0.350 bits per heavy atom. The lowest BCUT2D eigenvalue weighted by Crippen LogP contribution is -2.15. The van der Waals surface area contributed by atoms with Gasteiger partial charge >= 0.3 is 0 Å². The Hall–Kier alpha value is -7.16. The van der Waals surface area contributed by atoms with Crippen molar-refractivity contribution in [2.24, 2.45) is 0 Å². The molecule has 1 aromatic heterocycles. The van der Waals surface area contributed by atoms with E-state index in [1.54, 1.807) is 0 Å². The predicted molar refractivity (Wildman–Crippen MR) is 254 cm³/mol. The summed E-state index contributed by atoms with van der Waals surface area (Å²) < 4.78 is 2.53. The van der Waals surface area contributed by atoms with E-state index < -0.39 is 0 Å². The Balaban J connectivity index is 0.983. The van der Waals surface area contributed by atoms with Crippen molar-refractivity contribution in [1.82, 2.24) is 4.57 Å². The van der Waals surface area contributed by atoms with Crippen molar-refractivity contribution in [1.29, 1.82) is 0 Å². The Morgan fingerprint density at radius 2 is 0.817 bits per heavy atom. The van der Waals surface area contributed by atoms with Crippen LogP contribution in [0, 0.1) is 0 Å². The van der Waals surface area contributed by atoms with Gasteiger partial charge in [0.1, 0.15) is 0 Å². The zero-order chi connectivity index (χ0) is 40.3. The summed E-state index contributed by atoms with van der Waals surface area (Å²) in [7, 11) is 0. The summed E-state index contributed by atoms with van der Waals surface area (Å²) in [6.45, 7) is 9.52. The molecule has 9 aromatic carbocycles. The minimum absolute atomic E-state index is 0.0928. The van der Waals surface area contributed by atoms with Crippen LogP contribution in [0.1, 0.15) is 49.9 Å². The number of benzene rings is 9. The van der Waals surface area contributed by atoms with E-state index in [0.717, 1.165) is 17.1 Å². The number of fused-ring (bicyclic) bond motifs is 10. The smallest absolute Gasteiger partial charge is 0.0544 e. The van der Waals surface area contributed by atoms with Crippen LogP contribution in [0.5, 0.6) is 0 Å². The van der Waals surface area contributed by atoms with E-state index >= 15 is 0 Å². The maximum absolute atomic E-state index is 2.53. The monoisotopic (exact) mass is 768 g/mol. The van der Waals surface area contributed by atoms with Crippen LogP contribution in [-0.2, 0) is 10.8 Å². The van der Waals surface area contributed by atoms with Gasteiger partial charge in [0, 0.05) is 44.4 Å². The minimum atomic E-state index is -0.0928. The van der Waals surface area contributed by atoms with E-state index in [4.69, 9.17) is 0 Å². The van der Waals surface area contributed by atoms with Crippen LogP contribution >= 0.6 is 0 Å². The summed E-state index contributed by atoms with van der Waals surface area (Å²) in [5.74, 6) is 0. The second kappa shape index (κ2) is 12.7. The van der Waals surface area contributed by atoms with Crippen molar-refractivity contribution in [2.45, 2.75) is 38.5 Å². The molecule has 2 heteroatoms. The molecule has 2 aliphatic carbocycles. The van der Waals surface area contributed by atoms with Gasteiger partial charge in [-0.1, -0.05) is 149 Å². The summed E-state index contributed by atoms with van der Waals surface area (Å²) in [5, 5.41) is 5.07. The van der Waals surface area contributed by atoms with E-state index in [-0.39, 0.29) is 10.8 Å². The molecule has 0 unspecified atom stereocenters. The van der Waals surface area contributed by atoms with E-state index in [2.05, 4.69) is 231 Å². The first-order chi connectivity index (χ1) is 29.3. The molecule has 2 aliphatic rings. The van der Waals surface area contributed by atoms with Crippen molar-refractivity contribution in [2.75, 3.05) is 4.90 Å². The molecular weight excluding hydrogens is 725 g/mol. The van der Waals surface area contributed by atoms with Gasteiger partial charge in [-0.2, -0.15) is 0 Å². The van der Waals surface area contributed by atoms with Crippen molar-refractivity contribution in [3.05, 3.63) is 216 Å². The Kier molecular flexibility index (Phi) is 7.36. The van der Waals surface area contributed by atoms with E-state index in [1.165, 1.54) is 93.9 Å². The van der Waals surface area contributed by atoms with Crippen molar-refractivity contribution in [3.63, 3.8) is 0 Å². The van der Waals surface area contributed by atoms with Crippen molar-refractivity contribution >= 4 is 49.6 Å². The number of anilines is 3. The van der Waals surface area contributed by atoms with Crippen LogP contribution < -0.4 is 4.90 Å². The molecule has 0 saturated heterocycles.